The van der Waals surface area contributed by atoms with Crippen molar-refractivity contribution < 1.29 is 14.4 Å². The predicted octanol–water partition coefficient (Wildman–Crippen LogP) is 1.69. The topological polar surface area (TPSA) is 66.6 Å². The molecule has 1 aromatic heterocycles. The molecule has 2 rings (SSSR count). The number of rotatable bonds is 4. The van der Waals surface area contributed by atoms with E-state index in [1.807, 2.05) is 16.7 Å². The standard InChI is InChI=1S/C13H20N2O3S/c1-9-11(7-16)12(14-18-9)13(17)15-5-3-4-10(6-15)8-19-2/h10,16H,3-8H2,1-2H3/t10-/m0/s1. The first-order valence-corrected chi connectivity index (χ1v) is 7.91. The van der Waals surface area contributed by atoms with Crippen molar-refractivity contribution in [3.05, 3.63) is 17.0 Å². The van der Waals surface area contributed by atoms with Gasteiger partial charge in [0, 0.05) is 13.1 Å². The summed E-state index contributed by atoms with van der Waals surface area (Å²) in [5.74, 6) is 2.03. The molecule has 0 saturated carbocycles. The Morgan fingerprint density at radius 2 is 2.42 bits per heavy atom. The average molecular weight is 284 g/mol. The van der Waals surface area contributed by atoms with Crippen LogP contribution in [0.3, 0.4) is 0 Å². The fourth-order valence-electron chi connectivity index (χ4n) is 2.52. The highest BCUT2D eigenvalue weighted by molar-refractivity contribution is 7.98. The van der Waals surface area contributed by atoms with Crippen molar-refractivity contribution in [3.63, 3.8) is 0 Å². The van der Waals surface area contributed by atoms with Crippen LogP contribution in [0.25, 0.3) is 0 Å². The molecule has 0 radical (unpaired) electrons. The number of aliphatic hydroxyl groups is 1. The van der Waals surface area contributed by atoms with Gasteiger partial charge in [0.2, 0.25) is 0 Å². The first-order valence-electron chi connectivity index (χ1n) is 6.51. The molecular formula is C13H20N2O3S. The zero-order chi connectivity index (χ0) is 13.8. The molecule has 0 aliphatic carbocycles. The number of aryl methyl sites for hydroxylation is 1. The Bertz CT molecular complexity index is 445. The van der Waals surface area contributed by atoms with Gasteiger partial charge in [-0.3, -0.25) is 4.79 Å². The van der Waals surface area contributed by atoms with Gasteiger partial charge in [-0.25, -0.2) is 0 Å². The molecule has 1 N–H and O–H groups in total. The number of aliphatic hydroxyl groups excluding tert-OH is 1. The molecule has 1 fully saturated rings. The second-order valence-electron chi connectivity index (χ2n) is 4.94. The smallest absolute Gasteiger partial charge is 0.276 e. The maximum absolute atomic E-state index is 12.4. The van der Waals surface area contributed by atoms with E-state index in [0.29, 0.717) is 17.2 Å². The van der Waals surface area contributed by atoms with Gasteiger partial charge in [-0.05, 0) is 37.7 Å². The van der Waals surface area contributed by atoms with E-state index < -0.39 is 0 Å². The highest BCUT2D eigenvalue weighted by Crippen LogP contribution is 2.22. The van der Waals surface area contributed by atoms with Crippen LogP contribution in [0.15, 0.2) is 4.52 Å². The number of nitrogens with zero attached hydrogens (tertiary/aromatic N) is 2. The minimum Gasteiger partial charge on any atom is -0.391 e. The Morgan fingerprint density at radius 3 is 3.11 bits per heavy atom. The Hall–Kier alpha value is -1.01. The molecule has 1 aromatic rings. The van der Waals surface area contributed by atoms with Gasteiger partial charge in [-0.1, -0.05) is 5.16 Å². The number of likely N-dealkylation sites (tertiary alicyclic amines) is 1. The number of amides is 1. The van der Waals surface area contributed by atoms with Gasteiger partial charge in [-0.15, -0.1) is 0 Å². The maximum atomic E-state index is 12.4. The molecule has 106 valence electrons. The molecule has 2 heterocycles. The van der Waals surface area contributed by atoms with Gasteiger partial charge in [0.1, 0.15) is 5.76 Å². The molecular weight excluding hydrogens is 264 g/mol. The van der Waals surface area contributed by atoms with Gasteiger partial charge in [0.05, 0.1) is 12.2 Å². The van der Waals surface area contributed by atoms with Crippen LogP contribution in [0.1, 0.15) is 34.7 Å². The minimum atomic E-state index is -0.210. The second kappa shape index (κ2) is 6.43. The third kappa shape index (κ3) is 3.12. The molecule has 5 nitrogen and oxygen atoms in total. The number of carbonyl (C=O) groups excluding carboxylic acids is 1. The van der Waals surface area contributed by atoms with Crippen LogP contribution in [0.4, 0.5) is 0 Å². The lowest BCUT2D eigenvalue weighted by Crippen LogP contribution is -2.41. The highest BCUT2D eigenvalue weighted by atomic mass is 32.2. The number of piperidine rings is 1. The van der Waals surface area contributed by atoms with E-state index in [1.54, 1.807) is 6.92 Å². The lowest BCUT2D eigenvalue weighted by Gasteiger charge is -2.32. The second-order valence-corrected chi connectivity index (χ2v) is 5.85. The van der Waals surface area contributed by atoms with E-state index in [9.17, 15) is 9.90 Å². The van der Waals surface area contributed by atoms with Gasteiger partial charge >= 0.3 is 0 Å². The fraction of sp³-hybridized carbons (Fsp3) is 0.692. The summed E-state index contributed by atoms with van der Waals surface area (Å²) >= 11 is 1.82. The van der Waals surface area contributed by atoms with Crippen molar-refractivity contribution >= 4 is 17.7 Å². The zero-order valence-corrected chi connectivity index (χ0v) is 12.2. The summed E-state index contributed by atoms with van der Waals surface area (Å²) in [5, 5.41) is 13.1. The monoisotopic (exact) mass is 284 g/mol. The molecule has 0 aromatic carbocycles. The van der Waals surface area contributed by atoms with Crippen LogP contribution >= 0.6 is 11.8 Å². The molecule has 0 unspecified atom stereocenters. The molecule has 1 atom stereocenters. The number of hydrogen-bond acceptors (Lipinski definition) is 5. The summed E-state index contributed by atoms with van der Waals surface area (Å²) < 4.78 is 5.01. The molecule has 1 saturated heterocycles. The maximum Gasteiger partial charge on any atom is 0.276 e. The summed E-state index contributed by atoms with van der Waals surface area (Å²) in [7, 11) is 0. The van der Waals surface area contributed by atoms with Crippen molar-refractivity contribution in [1.29, 1.82) is 0 Å². The number of thioether (sulfide) groups is 1. The number of hydrogen-bond donors (Lipinski definition) is 1. The molecule has 6 heteroatoms. The molecule has 1 aliphatic rings. The average Bonchev–Trinajstić information content (AvgIpc) is 2.79. The SMILES string of the molecule is CSC[C@H]1CCCN(C(=O)c2noc(C)c2CO)C1. The molecule has 19 heavy (non-hydrogen) atoms. The molecule has 0 spiro atoms. The quantitative estimate of drug-likeness (QED) is 0.911. The van der Waals surface area contributed by atoms with Crippen LogP contribution in [-0.2, 0) is 6.61 Å². The van der Waals surface area contributed by atoms with Crippen LogP contribution in [0, 0.1) is 12.8 Å². The van der Waals surface area contributed by atoms with Crippen LogP contribution in [0.5, 0.6) is 0 Å². The Balaban J connectivity index is 2.10. The van der Waals surface area contributed by atoms with Gasteiger partial charge < -0.3 is 14.5 Å². The van der Waals surface area contributed by atoms with Gasteiger partial charge in [0.15, 0.2) is 5.69 Å². The first kappa shape index (κ1) is 14.4. The van der Waals surface area contributed by atoms with Crippen LogP contribution < -0.4 is 0 Å². The fourth-order valence-corrected chi connectivity index (χ4v) is 3.26. The van der Waals surface area contributed by atoms with Crippen molar-refractivity contribution in [2.45, 2.75) is 26.4 Å². The lowest BCUT2D eigenvalue weighted by atomic mass is 9.99. The molecule has 0 bridgehead atoms. The van der Waals surface area contributed by atoms with E-state index in [-0.39, 0.29) is 18.2 Å². The lowest BCUT2D eigenvalue weighted by molar-refractivity contribution is 0.0672. The number of aromatic nitrogens is 1. The van der Waals surface area contributed by atoms with Crippen LogP contribution in [0.2, 0.25) is 0 Å². The third-order valence-electron chi connectivity index (χ3n) is 3.55. The van der Waals surface area contributed by atoms with Gasteiger partial charge in [-0.2, -0.15) is 11.8 Å². The van der Waals surface area contributed by atoms with Crippen molar-refractivity contribution in [2.24, 2.45) is 5.92 Å². The van der Waals surface area contributed by atoms with Gasteiger partial charge in [0.25, 0.3) is 5.91 Å². The third-order valence-corrected chi connectivity index (χ3v) is 4.36. The van der Waals surface area contributed by atoms with E-state index in [4.69, 9.17) is 4.52 Å². The molecule has 1 aliphatic heterocycles. The summed E-state index contributed by atoms with van der Waals surface area (Å²) in [5.41, 5.74) is 0.779. The Labute approximate surface area is 117 Å². The number of carbonyl (C=O) groups is 1. The predicted molar refractivity (Wildman–Crippen MR) is 74.2 cm³/mol. The van der Waals surface area contributed by atoms with E-state index in [1.165, 1.54) is 6.42 Å². The van der Waals surface area contributed by atoms with E-state index in [2.05, 4.69) is 11.4 Å². The summed E-state index contributed by atoms with van der Waals surface area (Å²) in [4.78, 5) is 14.3. The van der Waals surface area contributed by atoms with Crippen LogP contribution in [-0.4, -0.2) is 46.2 Å². The Kier molecular flexibility index (Phi) is 4.87. The van der Waals surface area contributed by atoms with Crippen molar-refractivity contribution in [1.82, 2.24) is 10.1 Å². The largest absolute Gasteiger partial charge is 0.391 e. The minimum absolute atomic E-state index is 0.119. The van der Waals surface area contributed by atoms with E-state index >= 15 is 0 Å². The molecule has 1 amide bonds. The first-order chi connectivity index (χ1) is 9.17. The summed E-state index contributed by atoms with van der Waals surface area (Å²) in [6, 6.07) is 0. The van der Waals surface area contributed by atoms with Crippen molar-refractivity contribution in [2.75, 3.05) is 25.1 Å². The summed E-state index contributed by atoms with van der Waals surface area (Å²) in [6.07, 6.45) is 4.29. The highest BCUT2D eigenvalue weighted by Gasteiger charge is 2.28. The van der Waals surface area contributed by atoms with E-state index in [0.717, 1.165) is 25.3 Å². The summed E-state index contributed by atoms with van der Waals surface area (Å²) in [6.45, 7) is 3.04. The normalized spacial score (nSPS) is 19.7. The zero-order valence-electron chi connectivity index (χ0n) is 11.4. The Morgan fingerprint density at radius 1 is 1.63 bits per heavy atom. The van der Waals surface area contributed by atoms with Crippen molar-refractivity contribution in [3.8, 4) is 0 Å².